The molecule has 1 rings (SSSR count). The van der Waals surface area contributed by atoms with Crippen molar-refractivity contribution in [2.24, 2.45) is 11.7 Å². The van der Waals surface area contributed by atoms with E-state index in [4.69, 9.17) is 10.8 Å². The molecular formula is C11H13F2NO2. The summed E-state index contributed by atoms with van der Waals surface area (Å²) in [5, 5.41) is 8.68. The standard InChI is InChI=1S/C11H13F2NO2/c1-6(11(15)16)4-10(14)8-3-2-7(12)5-9(8)13/h2-3,5-6,10H,4,14H2,1H3,(H,15,16). The molecule has 0 fully saturated rings. The molecule has 2 unspecified atom stereocenters. The van der Waals surface area contributed by atoms with Crippen LogP contribution in [0, 0.1) is 17.6 Å². The summed E-state index contributed by atoms with van der Waals surface area (Å²) in [7, 11) is 0. The van der Waals surface area contributed by atoms with Crippen LogP contribution in [0.2, 0.25) is 0 Å². The number of benzene rings is 1. The van der Waals surface area contributed by atoms with Crippen molar-refractivity contribution in [3.8, 4) is 0 Å². The fraction of sp³-hybridized carbons (Fsp3) is 0.364. The molecule has 0 saturated heterocycles. The van der Waals surface area contributed by atoms with Gasteiger partial charge < -0.3 is 10.8 Å². The van der Waals surface area contributed by atoms with Gasteiger partial charge in [0.25, 0.3) is 0 Å². The zero-order chi connectivity index (χ0) is 12.3. The van der Waals surface area contributed by atoms with Gasteiger partial charge in [-0.2, -0.15) is 0 Å². The van der Waals surface area contributed by atoms with E-state index in [1.807, 2.05) is 0 Å². The van der Waals surface area contributed by atoms with E-state index >= 15 is 0 Å². The molecule has 0 radical (unpaired) electrons. The molecule has 0 aromatic heterocycles. The maximum atomic E-state index is 13.3. The highest BCUT2D eigenvalue weighted by molar-refractivity contribution is 5.69. The second-order valence-electron chi connectivity index (χ2n) is 3.75. The molecule has 0 amide bonds. The molecule has 16 heavy (non-hydrogen) atoms. The Hall–Kier alpha value is -1.49. The minimum atomic E-state index is -0.988. The Morgan fingerprint density at radius 1 is 1.50 bits per heavy atom. The van der Waals surface area contributed by atoms with E-state index < -0.39 is 29.6 Å². The molecule has 0 aliphatic carbocycles. The largest absolute Gasteiger partial charge is 0.481 e. The third kappa shape index (κ3) is 3.00. The molecule has 88 valence electrons. The fourth-order valence-electron chi connectivity index (χ4n) is 1.41. The van der Waals surface area contributed by atoms with Gasteiger partial charge in [-0.25, -0.2) is 8.78 Å². The van der Waals surface area contributed by atoms with Crippen LogP contribution in [0.15, 0.2) is 18.2 Å². The molecule has 1 aromatic rings. The van der Waals surface area contributed by atoms with Crippen LogP contribution >= 0.6 is 0 Å². The Kier molecular flexibility index (Phi) is 3.95. The topological polar surface area (TPSA) is 63.3 Å². The van der Waals surface area contributed by atoms with Crippen LogP contribution in [-0.2, 0) is 4.79 Å². The number of rotatable bonds is 4. The van der Waals surface area contributed by atoms with E-state index in [2.05, 4.69) is 0 Å². The number of carboxylic acid groups (broad SMARTS) is 1. The fourth-order valence-corrected chi connectivity index (χ4v) is 1.41. The van der Waals surface area contributed by atoms with E-state index in [0.29, 0.717) is 0 Å². The van der Waals surface area contributed by atoms with Crippen LogP contribution in [0.3, 0.4) is 0 Å². The molecule has 1 aromatic carbocycles. The van der Waals surface area contributed by atoms with Crippen molar-refractivity contribution in [3.05, 3.63) is 35.4 Å². The lowest BCUT2D eigenvalue weighted by Crippen LogP contribution is -2.20. The Balaban J connectivity index is 2.80. The van der Waals surface area contributed by atoms with Gasteiger partial charge in [0, 0.05) is 17.7 Å². The second-order valence-corrected chi connectivity index (χ2v) is 3.75. The third-order valence-corrected chi connectivity index (χ3v) is 2.39. The lowest BCUT2D eigenvalue weighted by atomic mass is 9.96. The SMILES string of the molecule is CC(CC(N)c1ccc(F)cc1F)C(=O)O. The van der Waals surface area contributed by atoms with Crippen LogP contribution < -0.4 is 5.73 Å². The van der Waals surface area contributed by atoms with Crippen LogP contribution in [0.5, 0.6) is 0 Å². The maximum absolute atomic E-state index is 13.3. The summed E-state index contributed by atoms with van der Waals surface area (Å²) in [6.07, 6.45) is 0.109. The average molecular weight is 229 g/mol. The Labute approximate surface area is 91.9 Å². The Morgan fingerprint density at radius 2 is 2.12 bits per heavy atom. The second kappa shape index (κ2) is 5.03. The molecule has 0 bridgehead atoms. The minimum absolute atomic E-state index is 0.109. The number of nitrogens with two attached hydrogens (primary N) is 1. The van der Waals surface area contributed by atoms with Gasteiger partial charge in [0.15, 0.2) is 0 Å². The molecule has 3 N–H and O–H groups in total. The molecule has 5 heteroatoms. The van der Waals surface area contributed by atoms with Crippen LogP contribution in [-0.4, -0.2) is 11.1 Å². The predicted octanol–water partition coefficient (Wildman–Crippen LogP) is 2.08. The summed E-state index contributed by atoms with van der Waals surface area (Å²) < 4.78 is 25.9. The Morgan fingerprint density at radius 3 is 2.62 bits per heavy atom. The maximum Gasteiger partial charge on any atom is 0.306 e. The molecular weight excluding hydrogens is 216 g/mol. The van der Waals surface area contributed by atoms with Crippen LogP contribution in [0.4, 0.5) is 8.78 Å². The molecule has 0 spiro atoms. The summed E-state index contributed by atoms with van der Waals surface area (Å²) >= 11 is 0. The summed E-state index contributed by atoms with van der Waals surface area (Å²) in [5.41, 5.74) is 5.79. The zero-order valence-electron chi connectivity index (χ0n) is 8.78. The summed E-state index contributed by atoms with van der Waals surface area (Å²) in [4.78, 5) is 10.6. The number of hydrogen-bond acceptors (Lipinski definition) is 2. The van der Waals surface area contributed by atoms with Gasteiger partial charge in [-0.15, -0.1) is 0 Å². The lowest BCUT2D eigenvalue weighted by molar-refractivity contribution is -0.141. The lowest BCUT2D eigenvalue weighted by Gasteiger charge is -2.15. The number of carboxylic acids is 1. The number of carbonyl (C=O) groups is 1. The van der Waals surface area contributed by atoms with Crippen LogP contribution in [0.25, 0.3) is 0 Å². The zero-order valence-corrected chi connectivity index (χ0v) is 8.78. The van der Waals surface area contributed by atoms with Gasteiger partial charge in [0.1, 0.15) is 11.6 Å². The van der Waals surface area contributed by atoms with Crippen LogP contribution in [0.1, 0.15) is 24.9 Å². The van der Waals surface area contributed by atoms with Crippen molar-refractivity contribution < 1.29 is 18.7 Å². The van der Waals surface area contributed by atoms with E-state index in [1.165, 1.54) is 13.0 Å². The highest BCUT2D eigenvalue weighted by atomic mass is 19.1. The highest BCUT2D eigenvalue weighted by Gasteiger charge is 2.19. The monoisotopic (exact) mass is 229 g/mol. The first-order chi connectivity index (χ1) is 7.41. The van der Waals surface area contributed by atoms with Gasteiger partial charge >= 0.3 is 5.97 Å². The third-order valence-electron chi connectivity index (χ3n) is 2.39. The molecule has 0 heterocycles. The predicted molar refractivity (Wildman–Crippen MR) is 54.7 cm³/mol. The first kappa shape index (κ1) is 12.6. The molecule has 0 aliphatic rings. The minimum Gasteiger partial charge on any atom is -0.481 e. The average Bonchev–Trinajstić information content (AvgIpc) is 2.16. The van der Waals surface area contributed by atoms with Gasteiger partial charge in [-0.3, -0.25) is 4.79 Å². The van der Waals surface area contributed by atoms with Crippen molar-refractivity contribution in [2.75, 3.05) is 0 Å². The summed E-state index contributed by atoms with van der Waals surface area (Å²) in [6, 6.07) is 2.33. The van der Waals surface area contributed by atoms with Crippen molar-refractivity contribution in [1.29, 1.82) is 0 Å². The summed E-state index contributed by atoms with van der Waals surface area (Å²) in [5.74, 6) is -3.08. The van der Waals surface area contributed by atoms with Gasteiger partial charge in [0.05, 0.1) is 5.92 Å². The molecule has 2 atom stereocenters. The summed E-state index contributed by atoms with van der Waals surface area (Å²) in [6.45, 7) is 1.49. The molecule has 3 nitrogen and oxygen atoms in total. The molecule has 0 saturated carbocycles. The van der Waals surface area contributed by atoms with Gasteiger partial charge in [-0.1, -0.05) is 13.0 Å². The smallest absolute Gasteiger partial charge is 0.306 e. The van der Waals surface area contributed by atoms with Crippen molar-refractivity contribution in [2.45, 2.75) is 19.4 Å². The van der Waals surface area contributed by atoms with E-state index in [-0.39, 0.29) is 12.0 Å². The number of aliphatic carboxylic acids is 1. The Bertz CT molecular complexity index is 396. The van der Waals surface area contributed by atoms with Crippen molar-refractivity contribution in [3.63, 3.8) is 0 Å². The quantitative estimate of drug-likeness (QED) is 0.830. The normalized spacial score (nSPS) is 14.5. The highest BCUT2D eigenvalue weighted by Crippen LogP contribution is 2.22. The van der Waals surface area contributed by atoms with Crippen molar-refractivity contribution >= 4 is 5.97 Å². The van der Waals surface area contributed by atoms with E-state index in [0.717, 1.165) is 12.1 Å². The first-order valence-electron chi connectivity index (χ1n) is 4.85. The van der Waals surface area contributed by atoms with Crippen molar-refractivity contribution in [1.82, 2.24) is 0 Å². The number of halogens is 2. The number of hydrogen-bond donors (Lipinski definition) is 2. The first-order valence-corrected chi connectivity index (χ1v) is 4.85. The van der Waals surface area contributed by atoms with Gasteiger partial charge in [-0.05, 0) is 12.5 Å². The van der Waals surface area contributed by atoms with E-state index in [9.17, 15) is 13.6 Å². The molecule has 0 aliphatic heterocycles. The van der Waals surface area contributed by atoms with E-state index in [1.54, 1.807) is 0 Å². The van der Waals surface area contributed by atoms with Gasteiger partial charge in [0.2, 0.25) is 0 Å².